The molecule has 0 bridgehead atoms. The molecule has 206 valence electrons. The highest BCUT2D eigenvalue weighted by molar-refractivity contribution is 7.89. The molecule has 3 aromatic rings. The third-order valence-electron chi connectivity index (χ3n) is 7.15. The molecular weight excluding hydrogens is 516 g/mol. The summed E-state index contributed by atoms with van der Waals surface area (Å²) in [6, 6.07) is 22.0. The zero-order valence-electron chi connectivity index (χ0n) is 22.6. The van der Waals surface area contributed by atoms with E-state index >= 15 is 0 Å². The molecule has 0 saturated carbocycles. The van der Waals surface area contributed by atoms with Gasteiger partial charge in [0.25, 0.3) is 5.91 Å². The molecule has 9 heteroatoms. The maximum absolute atomic E-state index is 14.0. The van der Waals surface area contributed by atoms with Crippen LogP contribution < -0.4 is 4.74 Å². The van der Waals surface area contributed by atoms with Crippen LogP contribution in [0.3, 0.4) is 0 Å². The molecule has 1 saturated heterocycles. The summed E-state index contributed by atoms with van der Waals surface area (Å²) in [5, 5.41) is 10.7. The van der Waals surface area contributed by atoms with Crippen molar-refractivity contribution in [3.63, 3.8) is 0 Å². The number of benzene rings is 3. The van der Waals surface area contributed by atoms with Gasteiger partial charge in [0.05, 0.1) is 12.0 Å². The van der Waals surface area contributed by atoms with E-state index in [0.29, 0.717) is 11.3 Å². The molecule has 0 radical (unpaired) electrons. The summed E-state index contributed by atoms with van der Waals surface area (Å²) < 4.78 is 33.8. The van der Waals surface area contributed by atoms with Crippen LogP contribution >= 0.6 is 0 Å². The van der Waals surface area contributed by atoms with Crippen molar-refractivity contribution in [1.29, 1.82) is 0 Å². The third-order valence-corrected chi connectivity index (χ3v) is 9.01. The largest absolute Gasteiger partial charge is 0.496 e. The van der Waals surface area contributed by atoms with Gasteiger partial charge in [0.1, 0.15) is 5.75 Å². The quantitative estimate of drug-likeness (QED) is 0.473. The van der Waals surface area contributed by atoms with E-state index in [9.17, 15) is 23.1 Å². The fraction of sp³-hybridized carbons (Fsp3) is 0.333. The summed E-state index contributed by atoms with van der Waals surface area (Å²) in [5.74, 6) is -1.24. The first kappa shape index (κ1) is 28.3. The van der Waals surface area contributed by atoms with Crippen molar-refractivity contribution in [3.05, 3.63) is 95.6 Å². The van der Waals surface area contributed by atoms with Crippen molar-refractivity contribution in [1.82, 2.24) is 9.21 Å². The van der Waals surface area contributed by atoms with Gasteiger partial charge in [0, 0.05) is 31.6 Å². The van der Waals surface area contributed by atoms with Gasteiger partial charge in [-0.3, -0.25) is 4.79 Å². The first-order valence-corrected chi connectivity index (χ1v) is 14.2. The van der Waals surface area contributed by atoms with Crippen LogP contribution in [0.2, 0.25) is 0 Å². The van der Waals surface area contributed by atoms with Gasteiger partial charge in [-0.15, -0.1) is 0 Å². The number of methoxy groups -OCH3 is 1. The van der Waals surface area contributed by atoms with E-state index in [4.69, 9.17) is 4.74 Å². The Kier molecular flexibility index (Phi) is 7.86. The maximum atomic E-state index is 14.0. The molecule has 1 heterocycles. The fourth-order valence-electron chi connectivity index (χ4n) is 5.07. The van der Waals surface area contributed by atoms with Gasteiger partial charge in [-0.2, -0.15) is 4.31 Å². The van der Waals surface area contributed by atoms with Crippen LogP contribution in [0.5, 0.6) is 5.75 Å². The molecule has 0 aromatic heterocycles. The SMILES string of the molecule is COc1cc(C(=O)N2CCN(S(=O)(=O)c3ccccc3)CC2(Cc2ccccc2)C(=O)O)ccc1C(C)(C)C. The van der Waals surface area contributed by atoms with Crippen LogP contribution in [-0.2, 0) is 26.7 Å². The number of aliphatic carboxylic acids is 1. The molecule has 1 unspecified atom stereocenters. The van der Waals surface area contributed by atoms with E-state index in [0.717, 1.165) is 5.56 Å². The molecule has 1 fully saturated rings. The zero-order valence-corrected chi connectivity index (χ0v) is 23.4. The molecule has 0 aliphatic carbocycles. The highest BCUT2D eigenvalue weighted by Crippen LogP contribution is 2.35. The summed E-state index contributed by atoms with van der Waals surface area (Å²) in [6.45, 7) is 5.59. The minimum atomic E-state index is -3.99. The fourth-order valence-corrected chi connectivity index (χ4v) is 6.57. The number of nitrogens with zero attached hydrogens (tertiary/aromatic N) is 2. The number of carbonyl (C=O) groups is 2. The third kappa shape index (κ3) is 5.55. The van der Waals surface area contributed by atoms with Crippen LogP contribution in [0.15, 0.2) is 83.8 Å². The van der Waals surface area contributed by atoms with Crippen LogP contribution in [0.1, 0.15) is 42.3 Å². The van der Waals surface area contributed by atoms with Gasteiger partial charge in [-0.05, 0) is 40.8 Å². The Morgan fingerprint density at radius 1 is 0.949 bits per heavy atom. The van der Waals surface area contributed by atoms with Crippen LogP contribution in [0.25, 0.3) is 0 Å². The lowest BCUT2D eigenvalue weighted by molar-refractivity contribution is -0.152. The summed E-state index contributed by atoms with van der Waals surface area (Å²) in [4.78, 5) is 28.5. The Labute approximate surface area is 229 Å². The van der Waals surface area contributed by atoms with Gasteiger partial charge in [-0.25, -0.2) is 13.2 Å². The first-order valence-electron chi connectivity index (χ1n) is 12.7. The second-order valence-electron chi connectivity index (χ2n) is 10.8. The topological polar surface area (TPSA) is 104 Å². The van der Waals surface area contributed by atoms with Gasteiger partial charge >= 0.3 is 5.97 Å². The van der Waals surface area contributed by atoms with Crippen LogP contribution in [0.4, 0.5) is 0 Å². The molecule has 1 atom stereocenters. The Bertz CT molecular complexity index is 1450. The van der Waals surface area contributed by atoms with Gasteiger partial charge in [0.2, 0.25) is 10.0 Å². The number of sulfonamides is 1. The van der Waals surface area contributed by atoms with E-state index < -0.39 is 34.0 Å². The average Bonchev–Trinajstić information content (AvgIpc) is 2.92. The summed E-state index contributed by atoms with van der Waals surface area (Å²) in [6.07, 6.45) is -0.0626. The zero-order chi connectivity index (χ0) is 28.4. The van der Waals surface area contributed by atoms with Crippen molar-refractivity contribution in [2.24, 2.45) is 0 Å². The van der Waals surface area contributed by atoms with Gasteiger partial charge in [0.15, 0.2) is 5.54 Å². The molecule has 4 rings (SSSR count). The Hall–Kier alpha value is -3.69. The monoisotopic (exact) mass is 550 g/mol. The molecule has 39 heavy (non-hydrogen) atoms. The number of carboxylic acids is 1. The van der Waals surface area contributed by atoms with Crippen molar-refractivity contribution in [2.45, 2.75) is 43.0 Å². The average molecular weight is 551 g/mol. The number of ether oxygens (including phenoxy) is 1. The van der Waals surface area contributed by atoms with E-state index in [-0.39, 0.29) is 35.4 Å². The number of hydrogen-bond donors (Lipinski definition) is 1. The molecule has 0 spiro atoms. The molecule has 1 aliphatic heterocycles. The highest BCUT2D eigenvalue weighted by Gasteiger charge is 2.53. The number of carbonyl (C=O) groups excluding carboxylic acids is 1. The molecule has 1 aliphatic rings. The van der Waals surface area contributed by atoms with Crippen LogP contribution in [0, 0.1) is 0 Å². The predicted octanol–water partition coefficient (Wildman–Crippen LogP) is 4.21. The predicted molar refractivity (Wildman–Crippen MR) is 148 cm³/mol. The van der Waals surface area contributed by atoms with Crippen molar-refractivity contribution < 1.29 is 27.9 Å². The standard InChI is InChI=1S/C30H34N2O6S/c1-29(2,3)25-16-15-23(19-26(25)38-4)27(33)32-18-17-31(39(36,37)24-13-9-6-10-14-24)21-30(32,28(34)35)20-22-11-7-5-8-12-22/h5-16,19H,17-18,20-21H2,1-4H3,(H,34,35). The van der Waals surface area contributed by atoms with Gasteiger partial charge < -0.3 is 14.7 Å². The van der Waals surface area contributed by atoms with E-state index in [2.05, 4.69) is 0 Å². The van der Waals surface area contributed by atoms with E-state index in [1.165, 1.54) is 28.4 Å². The van der Waals surface area contributed by atoms with Crippen LogP contribution in [-0.4, -0.2) is 66.9 Å². The normalized spacial score (nSPS) is 18.5. The Morgan fingerprint density at radius 2 is 1.56 bits per heavy atom. The van der Waals surface area contributed by atoms with Crippen molar-refractivity contribution in [3.8, 4) is 5.75 Å². The summed E-state index contributed by atoms with van der Waals surface area (Å²) in [7, 11) is -2.46. The molecule has 3 aromatic carbocycles. The second kappa shape index (κ2) is 10.8. The molecule has 1 N–H and O–H groups in total. The number of rotatable bonds is 7. The number of amides is 1. The Morgan fingerprint density at radius 3 is 2.13 bits per heavy atom. The van der Waals surface area contributed by atoms with Crippen molar-refractivity contribution >= 4 is 21.9 Å². The minimum Gasteiger partial charge on any atom is -0.496 e. The second-order valence-corrected chi connectivity index (χ2v) is 12.7. The highest BCUT2D eigenvalue weighted by atomic mass is 32.2. The number of hydrogen-bond acceptors (Lipinski definition) is 5. The lowest BCUT2D eigenvalue weighted by Gasteiger charge is -2.47. The summed E-state index contributed by atoms with van der Waals surface area (Å²) in [5.41, 5.74) is -0.207. The number of carboxylic acid groups (broad SMARTS) is 1. The van der Waals surface area contributed by atoms with Gasteiger partial charge in [-0.1, -0.05) is 75.4 Å². The molecular formula is C30H34N2O6S. The number of piperazine rings is 1. The lowest BCUT2D eigenvalue weighted by Crippen LogP contribution is -2.69. The summed E-state index contributed by atoms with van der Waals surface area (Å²) >= 11 is 0. The molecule has 8 nitrogen and oxygen atoms in total. The van der Waals surface area contributed by atoms with E-state index in [1.807, 2.05) is 32.9 Å². The lowest BCUT2D eigenvalue weighted by atomic mass is 9.84. The first-order chi connectivity index (χ1) is 18.4. The van der Waals surface area contributed by atoms with E-state index in [1.54, 1.807) is 54.6 Å². The molecule has 1 amide bonds. The Balaban J connectivity index is 1.80. The maximum Gasteiger partial charge on any atom is 0.331 e. The van der Waals surface area contributed by atoms with Crippen molar-refractivity contribution in [2.75, 3.05) is 26.7 Å². The minimum absolute atomic E-state index is 0.0377. The smallest absolute Gasteiger partial charge is 0.331 e.